The monoisotopic (exact) mass is 436 g/mol. The molecule has 0 amide bonds. The fraction of sp³-hybridized carbons (Fsp3) is 0.278. The van der Waals surface area contributed by atoms with E-state index in [0.717, 1.165) is 0 Å². The van der Waals surface area contributed by atoms with Crippen molar-refractivity contribution in [2.75, 3.05) is 5.32 Å². The summed E-state index contributed by atoms with van der Waals surface area (Å²) in [6, 6.07) is 4.75. The lowest BCUT2D eigenvalue weighted by Crippen LogP contribution is -2.26. The van der Waals surface area contributed by atoms with Crippen molar-refractivity contribution in [3.63, 3.8) is 0 Å². The molecule has 0 fully saturated rings. The Morgan fingerprint density at radius 3 is 2.69 bits per heavy atom. The summed E-state index contributed by atoms with van der Waals surface area (Å²) in [5.74, 6) is 0.152. The van der Waals surface area contributed by atoms with E-state index in [4.69, 9.17) is 16.7 Å². The summed E-state index contributed by atoms with van der Waals surface area (Å²) in [5, 5.41) is 22.7. The van der Waals surface area contributed by atoms with Crippen LogP contribution in [0, 0.1) is 6.92 Å². The normalized spacial score (nSPS) is 12.2. The molecule has 0 atom stereocenters. The Morgan fingerprint density at radius 1 is 1.31 bits per heavy atom. The third kappa shape index (κ3) is 5.10. The molecule has 0 spiro atoms. The smallest absolute Gasteiger partial charge is 0.240 e. The topological polar surface area (TPSA) is 136 Å². The molecule has 29 heavy (non-hydrogen) atoms. The summed E-state index contributed by atoms with van der Waals surface area (Å²) in [5.41, 5.74) is 1.06. The molecule has 0 aliphatic carbocycles. The van der Waals surface area contributed by atoms with E-state index in [-0.39, 0.29) is 10.8 Å². The van der Waals surface area contributed by atoms with Crippen LogP contribution < -0.4 is 10.5 Å². The molecule has 9 nitrogen and oxygen atoms in total. The van der Waals surface area contributed by atoms with Crippen molar-refractivity contribution >= 4 is 33.3 Å². The van der Waals surface area contributed by atoms with Gasteiger partial charge >= 0.3 is 0 Å². The van der Waals surface area contributed by atoms with E-state index in [9.17, 15) is 13.5 Å². The molecule has 0 saturated carbocycles. The largest absolute Gasteiger partial charge is 0.389 e. The van der Waals surface area contributed by atoms with Crippen LogP contribution in [0.1, 0.15) is 19.4 Å². The molecule has 154 valence electrons. The average Bonchev–Trinajstić information content (AvgIpc) is 3.03. The summed E-state index contributed by atoms with van der Waals surface area (Å²) in [6.45, 7) is 5.40. The van der Waals surface area contributed by atoms with Gasteiger partial charge in [0, 0.05) is 11.8 Å². The Kier molecular flexibility index (Phi) is 5.63. The molecule has 2 aromatic heterocycles. The first-order valence-electron chi connectivity index (χ1n) is 8.61. The van der Waals surface area contributed by atoms with Crippen molar-refractivity contribution in [2.45, 2.75) is 37.8 Å². The molecule has 0 aliphatic rings. The van der Waals surface area contributed by atoms with Crippen LogP contribution >= 0.6 is 11.6 Å². The van der Waals surface area contributed by atoms with Crippen molar-refractivity contribution in [1.29, 1.82) is 0 Å². The van der Waals surface area contributed by atoms with Gasteiger partial charge in [-0.2, -0.15) is 5.10 Å². The van der Waals surface area contributed by atoms with Crippen molar-refractivity contribution in [3.8, 4) is 11.3 Å². The molecule has 1 aromatic carbocycles. The van der Waals surface area contributed by atoms with Crippen molar-refractivity contribution in [1.82, 2.24) is 19.7 Å². The fourth-order valence-corrected chi connectivity index (χ4v) is 3.71. The minimum absolute atomic E-state index is 0.0596. The molecule has 3 aromatic rings. The van der Waals surface area contributed by atoms with E-state index in [1.807, 2.05) is 0 Å². The van der Waals surface area contributed by atoms with Gasteiger partial charge in [0.1, 0.15) is 4.90 Å². The molecule has 3 rings (SSSR count). The average molecular weight is 437 g/mol. The lowest BCUT2D eigenvalue weighted by Gasteiger charge is -2.16. The number of nitrogens with zero attached hydrogens (tertiary/aromatic N) is 4. The van der Waals surface area contributed by atoms with E-state index in [0.29, 0.717) is 34.1 Å². The number of rotatable bonds is 6. The SMILES string of the molecule is Cc1cccc(S(N)(=O)=O)c1Nc1ncc(Cl)c(-c2cnn(CC(C)(C)O)c2)n1. The first kappa shape index (κ1) is 21.2. The number of para-hydroxylation sites is 1. The van der Waals surface area contributed by atoms with Gasteiger partial charge in [-0.25, -0.2) is 23.5 Å². The highest BCUT2D eigenvalue weighted by Crippen LogP contribution is 2.30. The van der Waals surface area contributed by atoms with Gasteiger partial charge in [-0.05, 0) is 32.4 Å². The van der Waals surface area contributed by atoms with E-state index in [1.54, 1.807) is 50.0 Å². The second-order valence-corrected chi connectivity index (χ2v) is 9.18. The Hall–Kier alpha value is -2.53. The molecule has 0 unspecified atom stereocenters. The van der Waals surface area contributed by atoms with E-state index >= 15 is 0 Å². The standard InChI is InChI=1S/C18H21ClN6O3S/c1-11-5-4-6-14(29(20,27)28)15(11)23-17-21-8-13(19)16(24-17)12-7-22-25(9-12)10-18(2,3)26/h4-9,26H,10H2,1-3H3,(H2,20,27,28)(H,21,23,24). The summed E-state index contributed by atoms with van der Waals surface area (Å²) in [7, 11) is -3.94. The lowest BCUT2D eigenvalue weighted by atomic mass is 10.1. The predicted octanol–water partition coefficient (Wildman–Crippen LogP) is 2.46. The zero-order valence-corrected chi connectivity index (χ0v) is 17.7. The third-order valence-corrected chi connectivity index (χ3v) is 5.21. The Labute approximate surface area is 173 Å². The first-order chi connectivity index (χ1) is 13.4. The minimum atomic E-state index is -3.94. The number of sulfonamides is 1. The van der Waals surface area contributed by atoms with Gasteiger partial charge in [-0.1, -0.05) is 23.7 Å². The molecule has 0 bridgehead atoms. The van der Waals surface area contributed by atoms with E-state index in [2.05, 4.69) is 20.4 Å². The number of aromatic nitrogens is 4. The Balaban J connectivity index is 1.98. The Morgan fingerprint density at radius 2 is 2.03 bits per heavy atom. The van der Waals surface area contributed by atoms with Crippen LogP contribution in [0.15, 0.2) is 41.7 Å². The van der Waals surface area contributed by atoms with E-state index in [1.165, 1.54) is 12.3 Å². The van der Waals surface area contributed by atoms with E-state index < -0.39 is 15.6 Å². The van der Waals surface area contributed by atoms with Crippen LogP contribution in [0.2, 0.25) is 5.02 Å². The fourth-order valence-electron chi connectivity index (χ4n) is 2.75. The maximum Gasteiger partial charge on any atom is 0.240 e. The molecule has 0 aliphatic heterocycles. The van der Waals surface area contributed by atoms with Gasteiger partial charge < -0.3 is 10.4 Å². The van der Waals surface area contributed by atoms with Crippen LogP contribution in [-0.4, -0.2) is 38.9 Å². The van der Waals surface area contributed by atoms with Crippen molar-refractivity contribution in [3.05, 3.63) is 47.4 Å². The van der Waals surface area contributed by atoms with Crippen LogP contribution in [0.3, 0.4) is 0 Å². The van der Waals surface area contributed by atoms with Crippen molar-refractivity contribution < 1.29 is 13.5 Å². The molecule has 0 radical (unpaired) electrons. The lowest BCUT2D eigenvalue weighted by molar-refractivity contribution is 0.0577. The van der Waals surface area contributed by atoms with Gasteiger partial charge in [0.25, 0.3) is 0 Å². The highest BCUT2D eigenvalue weighted by Gasteiger charge is 2.19. The second-order valence-electron chi connectivity index (χ2n) is 7.25. The number of hydrogen-bond donors (Lipinski definition) is 3. The quantitative estimate of drug-likeness (QED) is 0.539. The number of primary sulfonamides is 1. The number of benzene rings is 1. The van der Waals surface area contributed by atoms with Crippen LogP contribution in [0.25, 0.3) is 11.3 Å². The predicted molar refractivity (Wildman–Crippen MR) is 110 cm³/mol. The van der Waals surface area contributed by atoms with Gasteiger partial charge in [0.05, 0.1) is 40.9 Å². The number of halogens is 1. The first-order valence-corrected chi connectivity index (χ1v) is 10.5. The van der Waals surface area contributed by atoms with Gasteiger partial charge in [0.2, 0.25) is 16.0 Å². The van der Waals surface area contributed by atoms with Gasteiger partial charge in [0.15, 0.2) is 0 Å². The summed E-state index contributed by atoms with van der Waals surface area (Å²) in [4.78, 5) is 8.48. The summed E-state index contributed by atoms with van der Waals surface area (Å²) >= 11 is 6.26. The molecular weight excluding hydrogens is 416 g/mol. The number of hydrogen-bond acceptors (Lipinski definition) is 7. The molecule has 11 heteroatoms. The second kappa shape index (κ2) is 7.71. The molecule has 4 N–H and O–H groups in total. The number of aryl methyl sites for hydroxylation is 1. The summed E-state index contributed by atoms with van der Waals surface area (Å²) in [6.07, 6.45) is 4.70. The minimum Gasteiger partial charge on any atom is -0.389 e. The van der Waals surface area contributed by atoms with Crippen molar-refractivity contribution in [2.24, 2.45) is 5.14 Å². The number of anilines is 2. The van der Waals surface area contributed by atoms with Crippen LogP contribution in [0.5, 0.6) is 0 Å². The Bertz CT molecular complexity index is 1150. The molecular formula is C18H21ClN6O3S. The van der Waals surface area contributed by atoms with Crippen LogP contribution in [-0.2, 0) is 16.6 Å². The highest BCUT2D eigenvalue weighted by atomic mass is 35.5. The number of nitrogens with two attached hydrogens (primary N) is 1. The maximum absolute atomic E-state index is 11.9. The molecule has 2 heterocycles. The zero-order chi connectivity index (χ0) is 21.4. The number of aliphatic hydroxyl groups is 1. The van der Waals surface area contributed by atoms with Crippen LogP contribution in [0.4, 0.5) is 11.6 Å². The third-order valence-electron chi connectivity index (χ3n) is 3.98. The maximum atomic E-state index is 11.9. The highest BCUT2D eigenvalue weighted by molar-refractivity contribution is 7.89. The number of nitrogens with one attached hydrogen (secondary N) is 1. The molecule has 0 saturated heterocycles. The van der Waals surface area contributed by atoms with Gasteiger partial charge in [-0.15, -0.1) is 0 Å². The van der Waals surface area contributed by atoms with Gasteiger partial charge in [-0.3, -0.25) is 4.68 Å². The zero-order valence-electron chi connectivity index (χ0n) is 16.1. The summed E-state index contributed by atoms with van der Waals surface area (Å²) < 4.78 is 25.4.